The molecular weight excluding hydrogens is 454 g/mol. The summed E-state index contributed by atoms with van der Waals surface area (Å²) in [5.41, 5.74) is 4.65. The van der Waals surface area contributed by atoms with Crippen LogP contribution in [0.25, 0.3) is 27.7 Å². The molecule has 1 fully saturated rings. The van der Waals surface area contributed by atoms with Gasteiger partial charge >= 0.3 is 0 Å². The summed E-state index contributed by atoms with van der Waals surface area (Å²) in [6.07, 6.45) is 9.27. The van der Waals surface area contributed by atoms with Crippen molar-refractivity contribution in [1.29, 1.82) is 0 Å². The van der Waals surface area contributed by atoms with Crippen LogP contribution in [-0.2, 0) is 4.79 Å². The van der Waals surface area contributed by atoms with E-state index in [4.69, 9.17) is 9.15 Å². The van der Waals surface area contributed by atoms with E-state index in [1.807, 2.05) is 32.0 Å². The summed E-state index contributed by atoms with van der Waals surface area (Å²) in [4.78, 5) is 12.6. The summed E-state index contributed by atoms with van der Waals surface area (Å²) in [6.45, 7) is 4.46. The molecule has 1 amide bonds. The molecule has 0 atom stereocenters. The third-order valence-electron chi connectivity index (χ3n) is 5.85. The molecule has 0 unspecified atom stereocenters. The normalized spacial score (nSPS) is 15.3. The van der Waals surface area contributed by atoms with Crippen molar-refractivity contribution >= 4 is 38.4 Å². The Morgan fingerprint density at radius 3 is 2.65 bits per heavy atom. The van der Waals surface area contributed by atoms with E-state index in [9.17, 15) is 4.79 Å². The summed E-state index contributed by atoms with van der Waals surface area (Å²) in [5, 5.41) is 4.17. The van der Waals surface area contributed by atoms with Crippen molar-refractivity contribution in [2.75, 3.05) is 6.61 Å². The first-order chi connectivity index (χ1) is 15.0. The number of allylic oxidation sites excluding steroid dienone is 1. The molecule has 31 heavy (non-hydrogen) atoms. The van der Waals surface area contributed by atoms with Crippen LogP contribution in [0.15, 0.2) is 57.6 Å². The quantitative estimate of drug-likeness (QED) is 0.381. The maximum Gasteiger partial charge on any atom is 0.244 e. The van der Waals surface area contributed by atoms with Crippen LogP contribution < -0.4 is 10.1 Å². The number of hydrogen-bond acceptors (Lipinski definition) is 3. The van der Waals surface area contributed by atoms with Crippen molar-refractivity contribution in [1.82, 2.24) is 5.32 Å². The fraction of sp³-hybridized carbons (Fsp3) is 0.346. The van der Waals surface area contributed by atoms with E-state index in [-0.39, 0.29) is 11.9 Å². The fourth-order valence-electron chi connectivity index (χ4n) is 4.26. The molecule has 0 saturated heterocycles. The number of fused-ring (bicyclic) bond motifs is 1. The molecule has 0 bridgehead atoms. The molecule has 1 saturated carbocycles. The first-order valence-electron chi connectivity index (χ1n) is 11.0. The molecule has 0 radical (unpaired) electrons. The Morgan fingerprint density at radius 2 is 1.94 bits per heavy atom. The topological polar surface area (TPSA) is 51.5 Å². The molecule has 1 aromatic heterocycles. The zero-order chi connectivity index (χ0) is 21.8. The zero-order valence-corrected chi connectivity index (χ0v) is 19.6. The van der Waals surface area contributed by atoms with E-state index in [0.717, 1.165) is 56.3 Å². The van der Waals surface area contributed by atoms with Crippen LogP contribution in [0.1, 0.15) is 51.5 Å². The third-order valence-corrected chi connectivity index (χ3v) is 6.38. The van der Waals surface area contributed by atoms with Gasteiger partial charge in [0.25, 0.3) is 0 Å². The van der Waals surface area contributed by atoms with E-state index in [2.05, 4.69) is 39.4 Å². The number of benzene rings is 2. The summed E-state index contributed by atoms with van der Waals surface area (Å²) in [7, 11) is 0. The Balaban J connectivity index is 1.68. The lowest BCUT2D eigenvalue weighted by Crippen LogP contribution is -2.35. The predicted molar refractivity (Wildman–Crippen MR) is 129 cm³/mol. The number of hydrogen-bond donors (Lipinski definition) is 1. The van der Waals surface area contributed by atoms with Crippen LogP contribution in [0.3, 0.4) is 0 Å². The lowest BCUT2D eigenvalue weighted by Gasteiger charge is -2.22. The van der Waals surface area contributed by atoms with Crippen LogP contribution in [-0.4, -0.2) is 18.6 Å². The number of amides is 1. The summed E-state index contributed by atoms with van der Waals surface area (Å²) in [5.74, 6) is 0.693. The lowest BCUT2D eigenvalue weighted by atomic mass is 9.95. The summed E-state index contributed by atoms with van der Waals surface area (Å²) < 4.78 is 12.8. The Bertz CT molecular complexity index is 1090. The third kappa shape index (κ3) is 5.04. The highest BCUT2D eigenvalue weighted by atomic mass is 79.9. The second-order valence-corrected chi connectivity index (χ2v) is 9.02. The number of carbonyl (C=O) groups is 1. The molecule has 0 aliphatic heterocycles. The lowest BCUT2D eigenvalue weighted by molar-refractivity contribution is -0.117. The minimum Gasteiger partial charge on any atom is -0.493 e. The van der Waals surface area contributed by atoms with E-state index >= 15 is 0 Å². The SMILES string of the molecule is CCOc1cc2occ(-c3ccc(Br)cc3)c2cc1/C(C)=C/C(=O)NC1CCCCC1. The maximum atomic E-state index is 12.6. The molecular formula is C26H28BrNO3. The van der Waals surface area contributed by atoms with Gasteiger partial charge in [-0.3, -0.25) is 4.79 Å². The Hall–Kier alpha value is -2.53. The van der Waals surface area contributed by atoms with Crippen LogP contribution in [0.5, 0.6) is 5.75 Å². The van der Waals surface area contributed by atoms with E-state index in [0.29, 0.717) is 6.61 Å². The predicted octanol–water partition coefficient (Wildman–Crippen LogP) is 7.11. The van der Waals surface area contributed by atoms with Gasteiger partial charge in [0, 0.05) is 39.2 Å². The van der Waals surface area contributed by atoms with Crippen molar-refractivity contribution in [3.8, 4) is 16.9 Å². The number of carbonyl (C=O) groups excluding carboxylic acids is 1. The van der Waals surface area contributed by atoms with Gasteiger partial charge in [-0.25, -0.2) is 0 Å². The van der Waals surface area contributed by atoms with Gasteiger partial charge in [0.15, 0.2) is 0 Å². The standard InChI is InChI=1S/C26H28BrNO3/c1-3-30-24-15-25-22(23(16-31-25)18-9-11-19(27)12-10-18)14-21(24)17(2)13-26(29)28-20-7-5-4-6-8-20/h9-16,20H,3-8H2,1-2H3,(H,28,29)/b17-13+. The Kier molecular flexibility index (Phi) is 6.81. The van der Waals surface area contributed by atoms with Gasteiger partial charge in [-0.1, -0.05) is 47.3 Å². The van der Waals surface area contributed by atoms with Crippen molar-refractivity contribution in [3.63, 3.8) is 0 Å². The van der Waals surface area contributed by atoms with Gasteiger partial charge in [-0.2, -0.15) is 0 Å². The first kappa shape index (κ1) is 21.7. The largest absolute Gasteiger partial charge is 0.493 e. The van der Waals surface area contributed by atoms with E-state index in [1.165, 1.54) is 19.3 Å². The Morgan fingerprint density at radius 1 is 1.19 bits per heavy atom. The number of furan rings is 1. The molecule has 0 spiro atoms. The monoisotopic (exact) mass is 481 g/mol. The average molecular weight is 482 g/mol. The van der Waals surface area contributed by atoms with E-state index < -0.39 is 0 Å². The highest BCUT2D eigenvalue weighted by molar-refractivity contribution is 9.10. The van der Waals surface area contributed by atoms with Crippen LogP contribution in [0.2, 0.25) is 0 Å². The second kappa shape index (κ2) is 9.73. The molecule has 2 aromatic carbocycles. The Labute approximate surface area is 191 Å². The molecule has 1 N–H and O–H groups in total. The molecule has 4 nitrogen and oxygen atoms in total. The van der Waals surface area contributed by atoms with E-state index in [1.54, 1.807) is 12.3 Å². The number of rotatable bonds is 6. The van der Waals surface area contributed by atoms with Gasteiger partial charge in [-0.05, 0) is 56.0 Å². The highest BCUT2D eigenvalue weighted by Crippen LogP contribution is 2.37. The smallest absolute Gasteiger partial charge is 0.244 e. The number of halogens is 1. The zero-order valence-electron chi connectivity index (χ0n) is 18.0. The van der Waals surface area contributed by atoms with Crippen molar-refractivity contribution in [3.05, 3.63) is 58.8 Å². The molecule has 162 valence electrons. The first-order valence-corrected chi connectivity index (χ1v) is 11.8. The maximum absolute atomic E-state index is 12.6. The van der Waals surface area contributed by atoms with Gasteiger partial charge in [-0.15, -0.1) is 0 Å². The molecule has 1 aliphatic carbocycles. The number of nitrogens with one attached hydrogen (secondary N) is 1. The number of ether oxygens (including phenoxy) is 1. The summed E-state index contributed by atoms with van der Waals surface area (Å²) in [6, 6.07) is 12.4. The fourth-order valence-corrected chi connectivity index (χ4v) is 4.52. The molecule has 4 rings (SSSR count). The minimum absolute atomic E-state index is 0.0349. The molecule has 5 heteroatoms. The van der Waals surface area contributed by atoms with Crippen LogP contribution >= 0.6 is 15.9 Å². The van der Waals surface area contributed by atoms with Crippen molar-refractivity contribution < 1.29 is 13.9 Å². The van der Waals surface area contributed by atoms with Gasteiger partial charge in [0.1, 0.15) is 11.3 Å². The second-order valence-electron chi connectivity index (χ2n) is 8.10. The average Bonchev–Trinajstić information content (AvgIpc) is 3.17. The highest BCUT2D eigenvalue weighted by Gasteiger charge is 2.17. The van der Waals surface area contributed by atoms with Crippen molar-refractivity contribution in [2.45, 2.75) is 52.0 Å². The van der Waals surface area contributed by atoms with Crippen LogP contribution in [0, 0.1) is 0 Å². The van der Waals surface area contributed by atoms with Gasteiger partial charge in [0.05, 0.1) is 12.9 Å². The van der Waals surface area contributed by atoms with Gasteiger partial charge in [0.2, 0.25) is 5.91 Å². The summed E-state index contributed by atoms with van der Waals surface area (Å²) >= 11 is 3.49. The van der Waals surface area contributed by atoms with Gasteiger partial charge < -0.3 is 14.5 Å². The molecule has 1 heterocycles. The van der Waals surface area contributed by atoms with Crippen LogP contribution in [0.4, 0.5) is 0 Å². The minimum atomic E-state index is -0.0349. The molecule has 3 aromatic rings. The molecule has 1 aliphatic rings. The van der Waals surface area contributed by atoms with Crippen molar-refractivity contribution in [2.24, 2.45) is 0 Å².